The van der Waals surface area contributed by atoms with E-state index in [4.69, 9.17) is 4.74 Å². The first-order chi connectivity index (χ1) is 8.31. The molecule has 2 heterocycles. The van der Waals surface area contributed by atoms with E-state index in [2.05, 4.69) is 27.1 Å². The minimum atomic E-state index is 0.759. The molecule has 0 atom stereocenters. The van der Waals surface area contributed by atoms with Gasteiger partial charge in [-0.15, -0.1) is 0 Å². The van der Waals surface area contributed by atoms with Crippen molar-refractivity contribution in [3.63, 3.8) is 0 Å². The first-order valence-electron chi connectivity index (χ1n) is 6.21. The van der Waals surface area contributed by atoms with Crippen LogP contribution in [0, 0.1) is 6.92 Å². The highest BCUT2D eigenvalue weighted by molar-refractivity contribution is 5.47. The third-order valence-corrected chi connectivity index (χ3v) is 2.80. The van der Waals surface area contributed by atoms with Crippen LogP contribution < -0.4 is 10.2 Å². The number of nitrogens with zero attached hydrogens (tertiary/aromatic N) is 3. The maximum Gasteiger partial charge on any atom is 0.227 e. The van der Waals surface area contributed by atoms with E-state index in [0.717, 1.165) is 56.6 Å². The summed E-state index contributed by atoms with van der Waals surface area (Å²) in [5.41, 5.74) is 1.09. The Balaban J connectivity index is 2.11. The lowest BCUT2D eigenvalue weighted by atomic mass is 10.3. The Labute approximate surface area is 102 Å². The lowest BCUT2D eigenvalue weighted by Gasteiger charge is -2.27. The fraction of sp³-hybridized carbons (Fsp3) is 0.667. The van der Waals surface area contributed by atoms with Gasteiger partial charge in [0.15, 0.2) is 0 Å². The van der Waals surface area contributed by atoms with Crippen LogP contribution in [-0.4, -0.2) is 42.8 Å². The molecule has 0 aromatic carbocycles. The van der Waals surface area contributed by atoms with Gasteiger partial charge < -0.3 is 15.0 Å². The maximum atomic E-state index is 5.33. The number of anilines is 2. The molecule has 0 radical (unpaired) electrons. The molecule has 1 aliphatic heterocycles. The van der Waals surface area contributed by atoms with Crippen molar-refractivity contribution in [2.45, 2.75) is 20.3 Å². The highest BCUT2D eigenvalue weighted by atomic mass is 16.5. The van der Waals surface area contributed by atoms with E-state index >= 15 is 0 Å². The van der Waals surface area contributed by atoms with Crippen LogP contribution >= 0.6 is 0 Å². The van der Waals surface area contributed by atoms with Crippen molar-refractivity contribution in [2.24, 2.45) is 0 Å². The zero-order chi connectivity index (χ0) is 12.1. The van der Waals surface area contributed by atoms with Crippen LogP contribution in [0.2, 0.25) is 0 Å². The predicted octanol–water partition coefficient (Wildman–Crippen LogP) is 1.44. The molecule has 0 spiro atoms. The summed E-state index contributed by atoms with van der Waals surface area (Å²) in [4.78, 5) is 11.1. The number of aromatic nitrogens is 2. The highest BCUT2D eigenvalue weighted by Crippen LogP contribution is 2.16. The van der Waals surface area contributed by atoms with Crippen molar-refractivity contribution in [2.75, 3.05) is 43.1 Å². The Morgan fingerprint density at radius 3 is 2.88 bits per heavy atom. The monoisotopic (exact) mass is 236 g/mol. The van der Waals surface area contributed by atoms with Gasteiger partial charge in [-0.05, 0) is 13.3 Å². The molecule has 1 saturated heterocycles. The van der Waals surface area contributed by atoms with E-state index in [0.29, 0.717) is 0 Å². The zero-order valence-corrected chi connectivity index (χ0v) is 10.6. The Kier molecular flexibility index (Phi) is 4.14. The summed E-state index contributed by atoms with van der Waals surface area (Å²) in [6, 6.07) is 0. The number of nitrogens with one attached hydrogen (secondary N) is 1. The number of aryl methyl sites for hydroxylation is 1. The fourth-order valence-corrected chi connectivity index (χ4v) is 1.77. The van der Waals surface area contributed by atoms with Crippen LogP contribution in [0.1, 0.15) is 18.9 Å². The van der Waals surface area contributed by atoms with Crippen molar-refractivity contribution >= 4 is 11.8 Å². The second kappa shape index (κ2) is 5.82. The summed E-state index contributed by atoms with van der Waals surface area (Å²) < 4.78 is 5.33. The Morgan fingerprint density at radius 2 is 2.18 bits per heavy atom. The van der Waals surface area contributed by atoms with Gasteiger partial charge in [-0.3, -0.25) is 0 Å². The molecule has 1 N–H and O–H groups in total. The summed E-state index contributed by atoms with van der Waals surface area (Å²) in [6.45, 7) is 8.38. The Morgan fingerprint density at radius 1 is 1.41 bits per heavy atom. The lowest BCUT2D eigenvalue weighted by Crippen LogP contribution is -2.37. The van der Waals surface area contributed by atoms with Crippen LogP contribution in [0.15, 0.2) is 6.20 Å². The van der Waals surface area contributed by atoms with Gasteiger partial charge in [0.25, 0.3) is 0 Å². The summed E-state index contributed by atoms with van der Waals surface area (Å²) in [6.07, 6.45) is 2.98. The van der Waals surface area contributed by atoms with E-state index in [-0.39, 0.29) is 0 Å². The summed E-state index contributed by atoms with van der Waals surface area (Å²) in [5.74, 6) is 1.75. The fourth-order valence-electron chi connectivity index (χ4n) is 1.77. The lowest BCUT2D eigenvalue weighted by molar-refractivity contribution is 0.122. The highest BCUT2D eigenvalue weighted by Gasteiger charge is 2.14. The van der Waals surface area contributed by atoms with Gasteiger partial charge in [0.2, 0.25) is 5.95 Å². The van der Waals surface area contributed by atoms with Crippen molar-refractivity contribution in [3.8, 4) is 0 Å². The van der Waals surface area contributed by atoms with Crippen LogP contribution in [0.25, 0.3) is 0 Å². The molecule has 0 bridgehead atoms. The third-order valence-electron chi connectivity index (χ3n) is 2.80. The molecule has 0 saturated carbocycles. The Hall–Kier alpha value is -1.36. The van der Waals surface area contributed by atoms with Crippen molar-refractivity contribution in [3.05, 3.63) is 11.8 Å². The van der Waals surface area contributed by atoms with Crippen LogP contribution in [0.4, 0.5) is 11.8 Å². The molecule has 1 fully saturated rings. The molecular formula is C12H20N4O. The van der Waals surface area contributed by atoms with Gasteiger partial charge in [0.1, 0.15) is 5.82 Å². The van der Waals surface area contributed by atoms with Crippen molar-refractivity contribution in [1.29, 1.82) is 0 Å². The number of hydrogen-bond donors (Lipinski definition) is 1. The average Bonchev–Trinajstić information content (AvgIpc) is 2.39. The topological polar surface area (TPSA) is 50.3 Å². The molecule has 0 amide bonds. The first-order valence-corrected chi connectivity index (χ1v) is 6.21. The van der Waals surface area contributed by atoms with Gasteiger partial charge in [0, 0.05) is 31.4 Å². The first kappa shape index (κ1) is 12.1. The summed E-state index contributed by atoms with van der Waals surface area (Å²) in [7, 11) is 0. The van der Waals surface area contributed by atoms with Crippen molar-refractivity contribution < 1.29 is 4.74 Å². The number of rotatable bonds is 4. The number of morpholine rings is 1. The quantitative estimate of drug-likeness (QED) is 0.857. The molecule has 5 heteroatoms. The van der Waals surface area contributed by atoms with E-state index < -0.39 is 0 Å². The van der Waals surface area contributed by atoms with Crippen LogP contribution in [-0.2, 0) is 4.74 Å². The molecule has 5 nitrogen and oxygen atoms in total. The van der Waals surface area contributed by atoms with Crippen LogP contribution in [0.5, 0.6) is 0 Å². The van der Waals surface area contributed by atoms with Gasteiger partial charge in [-0.25, -0.2) is 4.98 Å². The molecular weight excluding hydrogens is 216 g/mol. The molecule has 1 aromatic heterocycles. The van der Waals surface area contributed by atoms with Crippen molar-refractivity contribution in [1.82, 2.24) is 9.97 Å². The molecule has 17 heavy (non-hydrogen) atoms. The smallest absolute Gasteiger partial charge is 0.227 e. The van der Waals surface area contributed by atoms with Gasteiger partial charge >= 0.3 is 0 Å². The van der Waals surface area contributed by atoms with Crippen LogP contribution in [0.3, 0.4) is 0 Å². The van der Waals surface area contributed by atoms with Gasteiger partial charge in [-0.1, -0.05) is 6.92 Å². The van der Waals surface area contributed by atoms with Gasteiger partial charge in [-0.2, -0.15) is 4.98 Å². The zero-order valence-electron chi connectivity index (χ0n) is 10.6. The summed E-state index contributed by atoms with van der Waals surface area (Å²) in [5, 5.41) is 3.33. The second-order valence-electron chi connectivity index (χ2n) is 4.23. The molecule has 0 unspecified atom stereocenters. The van der Waals surface area contributed by atoms with Gasteiger partial charge in [0.05, 0.1) is 13.2 Å². The molecule has 1 aliphatic rings. The third kappa shape index (κ3) is 3.06. The van der Waals surface area contributed by atoms with E-state index in [1.807, 2.05) is 13.1 Å². The average molecular weight is 236 g/mol. The molecule has 94 valence electrons. The largest absolute Gasteiger partial charge is 0.378 e. The number of hydrogen-bond acceptors (Lipinski definition) is 5. The minimum absolute atomic E-state index is 0.759. The van der Waals surface area contributed by atoms with E-state index in [1.165, 1.54) is 0 Å². The molecule has 0 aliphatic carbocycles. The maximum absolute atomic E-state index is 5.33. The van der Waals surface area contributed by atoms with E-state index in [9.17, 15) is 0 Å². The normalized spacial score (nSPS) is 16.0. The standard InChI is InChI=1S/C12H20N4O/c1-3-4-13-11-10(2)9-14-12(15-11)16-5-7-17-8-6-16/h9H,3-8H2,1-2H3,(H,13,14,15). The predicted molar refractivity (Wildman–Crippen MR) is 68.6 cm³/mol. The molecule has 1 aromatic rings. The minimum Gasteiger partial charge on any atom is -0.378 e. The Bertz CT molecular complexity index is 364. The summed E-state index contributed by atoms with van der Waals surface area (Å²) >= 11 is 0. The SMILES string of the molecule is CCCNc1nc(N2CCOCC2)ncc1C. The molecule has 2 rings (SSSR count). The van der Waals surface area contributed by atoms with E-state index in [1.54, 1.807) is 0 Å². The number of ether oxygens (including phenoxy) is 1. The second-order valence-corrected chi connectivity index (χ2v) is 4.23.